The van der Waals surface area contributed by atoms with Gasteiger partial charge in [-0.3, -0.25) is 9.69 Å². The molecule has 1 aliphatic heterocycles. The standard InChI is InChI=1S/C23H27FN6O/c1-18(19-7-9-20(10-8-19)30-17-25-16-26-30)27(2)15-23(31)29-13-11-28(12-14-29)22-6-4-3-5-21(22)24/h3-10,16-18H,11-15H2,1-2H3. The topological polar surface area (TPSA) is 57.5 Å². The first-order chi connectivity index (χ1) is 15.0. The third-order valence-corrected chi connectivity index (χ3v) is 5.93. The van der Waals surface area contributed by atoms with Crippen molar-refractivity contribution >= 4 is 11.6 Å². The summed E-state index contributed by atoms with van der Waals surface area (Å²) >= 11 is 0. The molecule has 1 fully saturated rings. The summed E-state index contributed by atoms with van der Waals surface area (Å²) in [6.07, 6.45) is 3.17. The molecule has 3 aromatic rings. The van der Waals surface area contributed by atoms with E-state index in [-0.39, 0.29) is 17.8 Å². The molecule has 1 amide bonds. The number of hydrogen-bond acceptors (Lipinski definition) is 5. The quantitative estimate of drug-likeness (QED) is 0.612. The molecule has 0 saturated carbocycles. The number of carbonyl (C=O) groups is 1. The summed E-state index contributed by atoms with van der Waals surface area (Å²) in [6, 6.07) is 15.0. The van der Waals surface area contributed by atoms with E-state index < -0.39 is 0 Å². The minimum Gasteiger partial charge on any atom is -0.366 e. The van der Waals surface area contributed by atoms with E-state index in [2.05, 4.69) is 34.0 Å². The fourth-order valence-corrected chi connectivity index (χ4v) is 3.86. The van der Waals surface area contributed by atoms with Crippen molar-refractivity contribution in [1.82, 2.24) is 24.6 Å². The van der Waals surface area contributed by atoms with Crippen LogP contribution >= 0.6 is 0 Å². The number of amides is 1. The summed E-state index contributed by atoms with van der Waals surface area (Å²) in [4.78, 5) is 22.7. The lowest BCUT2D eigenvalue weighted by Crippen LogP contribution is -2.51. The number of benzene rings is 2. The zero-order valence-electron chi connectivity index (χ0n) is 17.9. The third-order valence-electron chi connectivity index (χ3n) is 5.93. The Hall–Kier alpha value is -3.26. The van der Waals surface area contributed by atoms with Gasteiger partial charge in [0.15, 0.2) is 0 Å². The van der Waals surface area contributed by atoms with Gasteiger partial charge < -0.3 is 9.80 Å². The molecule has 0 radical (unpaired) electrons. The highest BCUT2D eigenvalue weighted by Crippen LogP contribution is 2.22. The number of carbonyl (C=O) groups excluding carboxylic acids is 1. The third kappa shape index (κ3) is 4.74. The van der Waals surface area contributed by atoms with Crippen LogP contribution in [0.5, 0.6) is 0 Å². The Morgan fingerprint density at radius 3 is 2.45 bits per heavy atom. The number of nitrogens with zero attached hydrogens (tertiary/aromatic N) is 6. The number of halogens is 1. The lowest BCUT2D eigenvalue weighted by molar-refractivity contribution is -0.132. The van der Waals surface area contributed by atoms with E-state index in [1.807, 2.05) is 35.0 Å². The van der Waals surface area contributed by atoms with Crippen LogP contribution in [0.25, 0.3) is 5.69 Å². The van der Waals surface area contributed by atoms with Gasteiger partial charge in [-0.2, -0.15) is 5.10 Å². The van der Waals surface area contributed by atoms with E-state index in [4.69, 9.17) is 0 Å². The summed E-state index contributed by atoms with van der Waals surface area (Å²) in [5, 5.41) is 4.14. The molecule has 162 valence electrons. The van der Waals surface area contributed by atoms with Gasteiger partial charge in [-0.25, -0.2) is 14.1 Å². The second-order valence-corrected chi connectivity index (χ2v) is 7.84. The Morgan fingerprint density at radius 1 is 1.10 bits per heavy atom. The van der Waals surface area contributed by atoms with Crippen molar-refractivity contribution in [3.63, 3.8) is 0 Å². The molecule has 2 heterocycles. The van der Waals surface area contributed by atoms with E-state index in [0.717, 1.165) is 11.3 Å². The van der Waals surface area contributed by atoms with Gasteiger partial charge in [-0.05, 0) is 43.8 Å². The smallest absolute Gasteiger partial charge is 0.236 e. The van der Waals surface area contributed by atoms with Crippen LogP contribution in [0, 0.1) is 5.82 Å². The Balaban J connectivity index is 1.31. The van der Waals surface area contributed by atoms with Gasteiger partial charge in [-0.15, -0.1) is 0 Å². The average Bonchev–Trinajstić information content (AvgIpc) is 3.34. The number of anilines is 1. The Labute approximate surface area is 181 Å². The van der Waals surface area contributed by atoms with Gasteiger partial charge in [0.05, 0.1) is 17.9 Å². The summed E-state index contributed by atoms with van der Waals surface area (Å²) < 4.78 is 15.7. The average molecular weight is 423 g/mol. The zero-order valence-corrected chi connectivity index (χ0v) is 17.9. The van der Waals surface area contributed by atoms with Crippen molar-refractivity contribution in [3.05, 3.63) is 72.6 Å². The molecular formula is C23H27FN6O. The monoisotopic (exact) mass is 422 g/mol. The summed E-state index contributed by atoms with van der Waals surface area (Å²) in [7, 11) is 1.96. The molecule has 2 aromatic carbocycles. The molecule has 4 rings (SSSR count). The van der Waals surface area contributed by atoms with Crippen LogP contribution in [0.4, 0.5) is 10.1 Å². The Morgan fingerprint density at radius 2 is 1.81 bits per heavy atom. The second-order valence-electron chi connectivity index (χ2n) is 7.84. The fraction of sp³-hybridized carbons (Fsp3) is 0.348. The van der Waals surface area contributed by atoms with Crippen LogP contribution in [0.1, 0.15) is 18.5 Å². The van der Waals surface area contributed by atoms with E-state index in [9.17, 15) is 9.18 Å². The van der Waals surface area contributed by atoms with Crippen LogP contribution in [-0.4, -0.2) is 70.2 Å². The first-order valence-corrected chi connectivity index (χ1v) is 10.5. The normalized spacial score (nSPS) is 15.4. The van der Waals surface area contributed by atoms with Crippen LogP contribution in [0.2, 0.25) is 0 Å². The zero-order chi connectivity index (χ0) is 21.8. The van der Waals surface area contributed by atoms with Crippen molar-refractivity contribution in [1.29, 1.82) is 0 Å². The molecule has 1 aliphatic rings. The summed E-state index contributed by atoms with van der Waals surface area (Å²) in [5.41, 5.74) is 2.68. The highest BCUT2D eigenvalue weighted by molar-refractivity contribution is 5.78. The van der Waals surface area contributed by atoms with Crippen LogP contribution in [0.15, 0.2) is 61.2 Å². The minimum atomic E-state index is -0.217. The highest BCUT2D eigenvalue weighted by Gasteiger charge is 2.24. The van der Waals surface area contributed by atoms with Crippen molar-refractivity contribution in [2.24, 2.45) is 0 Å². The molecule has 31 heavy (non-hydrogen) atoms. The molecule has 0 spiro atoms. The van der Waals surface area contributed by atoms with Gasteiger partial charge in [0, 0.05) is 32.2 Å². The molecule has 0 N–H and O–H groups in total. The van der Waals surface area contributed by atoms with E-state index in [0.29, 0.717) is 38.4 Å². The summed E-state index contributed by atoms with van der Waals surface area (Å²) in [5.74, 6) is -0.118. The summed E-state index contributed by atoms with van der Waals surface area (Å²) in [6.45, 7) is 4.90. The minimum absolute atomic E-state index is 0.0912. The van der Waals surface area contributed by atoms with Gasteiger partial charge in [-0.1, -0.05) is 24.3 Å². The van der Waals surface area contributed by atoms with Crippen molar-refractivity contribution in [3.8, 4) is 5.69 Å². The lowest BCUT2D eigenvalue weighted by atomic mass is 10.1. The number of piperazine rings is 1. The Kier molecular flexibility index (Phi) is 6.27. The molecule has 1 aromatic heterocycles. The van der Waals surface area contributed by atoms with Gasteiger partial charge in [0.1, 0.15) is 18.5 Å². The molecular weight excluding hydrogens is 395 g/mol. The predicted octanol–water partition coefficient (Wildman–Crippen LogP) is 2.75. The first kappa shape index (κ1) is 21.0. The predicted molar refractivity (Wildman–Crippen MR) is 118 cm³/mol. The first-order valence-electron chi connectivity index (χ1n) is 10.5. The second kappa shape index (κ2) is 9.26. The Bertz CT molecular complexity index is 999. The SMILES string of the molecule is CC(c1ccc(-n2cncn2)cc1)N(C)CC(=O)N1CCN(c2ccccc2F)CC1. The maximum Gasteiger partial charge on any atom is 0.236 e. The number of para-hydroxylation sites is 1. The van der Waals surface area contributed by atoms with E-state index >= 15 is 0 Å². The molecule has 1 saturated heterocycles. The highest BCUT2D eigenvalue weighted by atomic mass is 19.1. The molecule has 1 atom stereocenters. The van der Waals surface area contributed by atoms with Crippen molar-refractivity contribution < 1.29 is 9.18 Å². The molecule has 1 unspecified atom stereocenters. The van der Waals surface area contributed by atoms with Gasteiger partial charge in [0.2, 0.25) is 5.91 Å². The number of aromatic nitrogens is 3. The van der Waals surface area contributed by atoms with Crippen molar-refractivity contribution in [2.45, 2.75) is 13.0 Å². The fourth-order valence-electron chi connectivity index (χ4n) is 3.86. The number of rotatable bonds is 6. The molecule has 0 bridgehead atoms. The largest absolute Gasteiger partial charge is 0.366 e. The van der Waals surface area contributed by atoms with Gasteiger partial charge in [0.25, 0.3) is 0 Å². The molecule has 8 heteroatoms. The van der Waals surface area contributed by atoms with Crippen LogP contribution in [0.3, 0.4) is 0 Å². The lowest BCUT2D eigenvalue weighted by Gasteiger charge is -2.37. The maximum absolute atomic E-state index is 14.0. The molecule has 7 nitrogen and oxygen atoms in total. The van der Waals surface area contributed by atoms with Crippen LogP contribution < -0.4 is 4.90 Å². The van der Waals surface area contributed by atoms with Crippen LogP contribution in [-0.2, 0) is 4.79 Å². The maximum atomic E-state index is 14.0. The van der Waals surface area contributed by atoms with E-state index in [1.165, 1.54) is 12.4 Å². The number of hydrogen-bond donors (Lipinski definition) is 0. The number of likely N-dealkylation sites (N-methyl/N-ethyl adjacent to an activating group) is 1. The molecule has 0 aliphatic carbocycles. The van der Waals surface area contributed by atoms with Crippen molar-refractivity contribution in [2.75, 3.05) is 44.7 Å². The van der Waals surface area contributed by atoms with Gasteiger partial charge >= 0.3 is 0 Å². The van der Waals surface area contributed by atoms with E-state index in [1.54, 1.807) is 23.1 Å².